The quantitative estimate of drug-likeness (QED) is 0.722. The fourth-order valence-electron chi connectivity index (χ4n) is 1.52. The second-order valence-electron chi connectivity index (χ2n) is 3.24. The Labute approximate surface area is 79.5 Å². The molecule has 0 aliphatic rings. The van der Waals surface area contributed by atoms with Crippen LogP contribution in [0.5, 0.6) is 0 Å². The molecule has 13 heavy (non-hydrogen) atoms. The van der Waals surface area contributed by atoms with Gasteiger partial charge in [-0.3, -0.25) is 0 Å². The van der Waals surface area contributed by atoms with Crippen molar-refractivity contribution in [1.82, 2.24) is 4.98 Å². The van der Waals surface area contributed by atoms with Crippen molar-refractivity contribution >= 4 is 11.6 Å². The van der Waals surface area contributed by atoms with Gasteiger partial charge in [-0.25, -0.2) is 0 Å². The van der Waals surface area contributed by atoms with Gasteiger partial charge >= 0.3 is 0 Å². The lowest BCUT2D eigenvalue weighted by molar-refractivity contribution is 0.955. The fraction of sp³-hybridized carbons (Fsp3) is 0.333. The third-order valence-corrected chi connectivity index (χ3v) is 2.13. The number of aromatic amines is 1. The van der Waals surface area contributed by atoms with Crippen LogP contribution in [-0.2, 0) is 0 Å². The summed E-state index contributed by atoms with van der Waals surface area (Å²) in [5, 5.41) is 2.49. The molecule has 0 atom stereocenters. The smallest absolute Gasteiger partial charge is 0.0442 e. The predicted molar refractivity (Wildman–Crippen MR) is 58.7 cm³/mol. The highest BCUT2D eigenvalue weighted by atomic mass is 14.6. The summed E-state index contributed by atoms with van der Waals surface area (Å²) in [4.78, 5) is 3.26. The van der Waals surface area contributed by atoms with E-state index in [4.69, 9.17) is 0 Å². The highest BCUT2D eigenvalue weighted by Crippen LogP contribution is 1.99. The molecular formula is C12H17N. The van der Waals surface area contributed by atoms with Gasteiger partial charge in [0.05, 0.1) is 0 Å². The van der Waals surface area contributed by atoms with E-state index in [1.165, 1.54) is 22.6 Å². The average Bonchev–Trinajstić information content (AvgIpc) is 2.54. The maximum absolute atomic E-state index is 3.70. The number of allylic oxidation sites excluding steroid dienone is 1. The first-order valence-electron chi connectivity index (χ1n) is 4.75. The predicted octanol–water partition coefficient (Wildman–Crippen LogP) is 1.95. The van der Waals surface area contributed by atoms with Crippen LogP contribution in [0.25, 0.3) is 11.6 Å². The van der Waals surface area contributed by atoms with Crippen molar-refractivity contribution < 1.29 is 0 Å². The molecule has 0 bridgehead atoms. The van der Waals surface area contributed by atoms with Crippen LogP contribution in [-0.4, -0.2) is 4.98 Å². The SMILES string of the molecule is C=C/C=c1/cc[nH]/c1=C(\C)CCC. The molecular weight excluding hydrogens is 158 g/mol. The first kappa shape index (κ1) is 9.85. The highest BCUT2D eigenvalue weighted by Gasteiger charge is 1.91. The zero-order valence-corrected chi connectivity index (χ0v) is 8.43. The van der Waals surface area contributed by atoms with Crippen molar-refractivity contribution in [2.45, 2.75) is 26.7 Å². The Hall–Kier alpha value is -1.24. The van der Waals surface area contributed by atoms with E-state index in [9.17, 15) is 0 Å². The molecule has 70 valence electrons. The van der Waals surface area contributed by atoms with Gasteiger partial charge in [-0.1, -0.05) is 32.1 Å². The van der Waals surface area contributed by atoms with Crippen LogP contribution >= 0.6 is 0 Å². The molecule has 0 amide bonds. The topological polar surface area (TPSA) is 15.8 Å². The molecule has 0 aliphatic carbocycles. The summed E-state index contributed by atoms with van der Waals surface area (Å²) in [6.07, 6.45) is 8.18. The molecule has 0 unspecified atom stereocenters. The largest absolute Gasteiger partial charge is 0.361 e. The molecule has 1 heteroatoms. The maximum atomic E-state index is 3.70. The molecule has 1 nitrogen and oxygen atoms in total. The zero-order chi connectivity index (χ0) is 9.68. The molecule has 0 saturated heterocycles. The molecule has 0 spiro atoms. The summed E-state index contributed by atoms with van der Waals surface area (Å²) in [6.45, 7) is 8.08. The third kappa shape index (κ3) is 2.35. The zero-order valence-electron chi connectivity index (χ0n) is 8.43. The van der Waals surface area contributed by atoms with E-state index in [1.807, 2.05) is 18.3 Å². The second kappa shape index (κ2) is 4.70. The molecule has 0 aromatic carbocycles. The number of aromatic nitrogens is 1. The van der Waals surface area contributed by atoms with E-state index < -0.39 is 0 Å². The molecule has 1 heterocycles. The van der Waals surface area contributed by atoms with E-state index in [-0.39, 0.29) is 0 Å². The van der Waals surface area contributed by atoms with Crippen molar-refractivity contribution in [2.75, 3.05) is 0 Å². The number of nitrogens with one attached hydrogen (secondary N) is 1. The van der Waals surface area contributed by atoms with E-state index >= 15 is 0 Å². The lowest BCUT2D eigenvalue weighted by Gasteiger charge is -1.94. The van der Waals surface area contributed by atoms with Gasteiger partial charge in [-0.2, -0.15) is 0 Å². The first-order chi connectivity index (χ1) is 6.29. The summed E-state index contributed by atoms with van der Waals surface area (Å²) in [5.41, 5.74) is 1.42. The molecule has 0 fully saturated rings. The molecule has 1 aromatic heterocycles. The minimum Gasteiger partial charge on any atom is -0.361 e. The van der Waals surface area contributed by atoms with Crippen molar-refractivity contribution in [1.29, 1.82) is 0 Å². The van der Waals surface area contributed by atoms with Gasteiger partial charge in [0.25, 0.3) is 0 Å². The Kier molecular flexibility index (Phi) is 3.56. The summed E-state index contributed by atoms with van der Waals surface area (Å²) in [7, 11) is 0. The van der Waals surface area contributed by atoms with E-state index in [1.54, 1.807) is 0 Å². The summed E-state index contributed by atoms with van der Waals surface area (Å²) < 4.78 is 0. The van der Waals surface area contributed by atoms with Gasteiger partial charge in [0.2, 0.25) is 0 Å². The minimum absolute atomic E-state index is 1.15. The van der Waals surface area contributed by atoms with Crippen LogP contribution < -0.4 is 10.6 Å². The van der Waals surface area contributed by atoms with E-state index in [2.05, 4.69) is 31.5 Å². The lowest BCUT2D eigenvalue weighted by atomic mass is 10.1. The van der Waals surface area contributed by atoms with Gasteiger partial charge < -0.3 is 4.98 Å². The molecule has 0 radical (unpaired) electrons. The number of H-pyrrole nitrogens is 1. The van der Waals surface area contributed by atoms with Crippen LogP contribution in [0, 0.1) is 0 Å². The Morgan fingerprint density at radius 3 is 3.00 bits per heavy atom. The lowest BCUT2D eigenvalue weighted by Crippen LogP contribution is -2.24. The number of rotatable bonds is 3. The number of hydrogen-bond acceptors (Lipinski definition) is 0. The Morgan fingerprint density at radius 2 is 2.38 bits per heavy atom. The summed E-state index contributed by atoms with van der Waals surface area (Å²) in [6, 6.07) is 2.08. The average molecular weight is 175 g/mol. The molecule has 1 aromatic rings. The van der Waals surface area contributed by atoms with Gasteiger partial charge in [0, 0.05) is 11.5 Å². The van der Waals surface area contributed by atoms with Crippen molar-refractivity contribution in [3.8, 4) is 0 Å². The van der Waals surface area contributed by atoms with E-state index in [0.717, 1.165) is 6.42 Å². The highest BCUT2D eigenvalue weighted by molar-refractivity contribution is 5.44. The monoisotopic (exact) mass is 175 g/mol. The fourth-order valence-corrected chi connectivity index (χ4v) is 1.52. The third-order valence-electron chi connectivity index (χ3n) is 2.13. The second-order valence-corrected chi connectivity index (χ2v) is 3.24. The van der Waals surface area contributed by atoms with Crippen molar-refractivity contribution in [2.24, 2.45) is 0 Å². The Balaban J connectivity index is 3.28. The Morgan fingerprint density at radius 1 is 1.62 bits per heavy atom. The minimum atomic E-state index is 1.15. The molecule has 0 aliphatic heterocycles. The van der Waals surface area contributed by atoms with Gasteiger partial charge in [-0.05, 0) is 30.2 Å². The molecule has 1 rings (SSSR count). The van der Waals surface area contributed by atoms with Crippen LogP contribution in [0.4, 0.5) is 0 Å². The van der Waals surface area contributed by atoms with Crippen LogP contribution in [0.15, 0.2) is 24.9 Å². The first-order valence-corrected chi connectivity index (χ1v) is 4.75. The van der Waals surface area contributed by atoms with Crippen molar-refractivity contribution in [3.63, 3.8) is 0 Å². The van der Waals surface area contributed by atoms with Crippen molar-refractivity contribution in [3.05, 3.63) is 35.5 Å². The number of hydrogen-bond donors (Lipinski definition) is 1. The van der Waals surface area contributed by atoms with Crippen LogP contribution in [0.3, 0.4) is 0 Å². The van der Waals surface area contributed by atoms with Crippen LogP contribution in [0.2, 0.25) is 0 Å². The standard InChI is InChI=1S/C12H17N/c1-4-6-10(3)12-11(7-5-2)8-9-13-12/h5,7-9,13H,2,4,6H2,1,3H3/b11-7-,12-10+. The van der Waals surface area contributed by atoms with Gasteiger partial charge in [0.1, 0.15) is 0 Å². The summed E-state index contributed by atoms with van der Waals surface area (Å²) >= 11 is 0. The summed E-state index contributed by atoms with van der Waals surface area (Å²) in [5.74, 6) is 0. The Bertz CT molecular complexity index is 382. The molecule has 0 saturated carbocycles. The van der Waals surface area contributed by atoms with Gasteiger partial charge in [-0.15, -0.1) is 0 Å². The van der Waals surface area contributed by atoms with Gasteiger partial charge in [0.15, 0.2) is 0 Å². The molecule has 1 N–H and O–H groups in total. The van der Waals surface area contributed by atoms with E-state index in [0.29, 0.717) is 0 Å². The van der Waals surface area contributed by atoms with Crippen LogP contribution in [0.1, 0.15) is 26.7 Å². The normalized spacial score (nSPS) is 14.5. The maximum Gasteiger partial charge on any atom is 0.0442 e.